The summed E-state index contributed by atoms with van der Waals surface area (Å²) in [5.41, 5.74) is -1.43. The molecular formula is C13H8F3N3O. The van der Waals surface area contributed by atoms with Crippen LogP contribution in [0.5, 0.6) is 0 Å². The molecule has 0 unspecified atom stereocenters. The van der Waals surface area contributed by atoms with Crippen LogP contribution in [0.2, 0.25) is 0 Å². The van der Waals surface area contributed by atoms with Crippen LogP contribution in [0, 0.1) is 11.3 Å². The van der Waals surface area contributed by atoms with Crippen LogP contribution in [-0.2, 0) is 12.6 Å². The smallest absolute Gasteiger partial charge is 0.267 e. The van der Waals surface area contributed by atoms with Gasteiger partial charge in [0, 0.05) is 6.42 Å². The van der Waals surface area contributed by atoms with Crippen molar-refractivity contribution in [3.8, 4) is 6.07 Å². The molecule has 4 nitrogen and oxygen atoms in total. The van der Waals surface area contributed by atoms with E-state index >= 15 is 0 Å². The number of nitrogens with one attached hydrogen (secondary N) is 1. The van der Waals surface area contributed by atoms with E-state index in [1.165, 1.54) is 0 Å². The lowest BCUT2D eigenvalue weighted by atomic mass is 10.1. The lowest BCUT2D eigenvalue weighted by molar-refractivity contribution is -0.138. The van der Waals surface area contributed by atoms with E-state index in [2.05, 4.69) is 5.10 Å². The van der Waals surface area contributed by atoms with Crippen molar-refractivity contribution in [3.63, 3.8) is 0 Å². The van der Waals surface area contributed by atoms with Crippen LogP contribution in [0.3, 0.4) is 0 Å². The normalized spacial score (nSPS) is 11.1. The third-order valence-corrected chi connectivity index (χ3v) is 2.60. The van der Waals surface area contributed by atoms with Gasteiger partial charge in [-0.1, -0.05) is 12.1 Å². The molecule has 2 aromatic rings. The van der Waals surface area contributed by atoms with E-state index in [0.29, 0.717) is 11.1 Å². The van der Waals surface area contributed by atoms with Crippen LogP contribution in [0.4, 0.5) is 13.2 Å². The molecule has 0 fully saturated rings. The predicted octanol–water partition coefficient (Wildman–Crippen LogP) is 2.25. The molecule has 0 amide bonds. The molecule has 102 valence electrons. The molecule has 0 bridgehead atoms. The summed E-state index contributed by atoms with van der Waals surface area (Å²) in [7, 11) is 0. The van der Waals surface area contributed by atoms with Crippen LogP contribution in [0.15, 0.2) is 35.1 Å². The highest BCUT2D eigenvalue weighted by molar-refractivity contribution is 5.34. The van der Waals surface area contributed by atoms with Gasteiger partial charge < -0.3 is 0 Å². The quantitative estimate of drug-likeness (QED) is 0.916. The van der Waals surface area contributed by atoms with Gasteiger partial charge in [0.2, 0.25) is 0 Å². The number of aromatic amines is 1. The van der Waals surface area contributed by atoms with Gasteiger partial charge in [0.1, 0.15) is 5.56 Å². The van der Waals surface area contributed by atoms with E-state index in [9.17, 15) is 18.0 Å². The summed E-state index contributed by atoms with van der Waals surface area (Å²) in [6.45, 7) is 0. The molecule has 0 saturated carbocycles. The van der Waals surface area contributed by atoms with E-state index in [-0.39, 0.29) is 12.1 Å². The van der Waals surface area contributed by atoms with Gasteiger partial charge in [0.15, 0.2) is 0 Å². The molecule has 0 atom stereocenters. The highest BCUT2D eigenvalue weighted by Gasteiger charge is 2.34. The van der Waals surface area contributed by atoms with Gasteiger partial charge in [-0.15, -0.1) is 0 Å². The number of halogens is 3. The zero-order chi connectivity index (χ0) is 14.8. The minimum absolute atomic E-state index is 0.0759. The van der Waals surface area contributed by atoms with E-state index in [1.807, 2.05) is 11.2 Å². The Morgan fingerprint density at radius 3 is 2.70 bits per heavy atom. The van der Waals surface area contributed by atoms with Crippen molar-refractivity contribution in [3.05, 3.63) is 63.1 Å². The topological polar surface area (TPSA) is 69.5 Å². The van der Waals surface area contributed by atoms with Crippen molar-refractivity contribution in [2.24, 2.45) is 0 Å². The fourth-order valence-corrected chi connectivity index (χ4v) is 1.71. The summed E-state index contributed by atoms with van der Waals surface area (Å²) >= 11 is 0. The zero-order valence-electron chi connectivity index (χ0n) is 10.0. The van der Waals surface area contributed by atoms with Crippen molar-refractivity contribution in [2.75, 3.05) is 0 Å². The summed E-state index contributed by atoms with van der Waals surface area (Å²) < 4.78 is 37.8. The molecule has 2 rings (SSSR count). The summed E-state index contributed by atoms with van der Waals surface area (Å²) in [5.74, 6) is 0. The second-order valence-electron chi connectivity index (χ2n) is 4.09. The molecule has 0 saturated heterocycles. The molecule has 0 spiro atoms. The minimum atomic E-state index is -4.72. The van der Waals surface area contributed by atoms with Crippen LogP contribution < -0.4 is 5.56 Å². The lowest BCUT2D eigenvalue weighted by Gasteiger charge is -2.07. The van der Waals surface area contributed by atoms with Crippen molar-refractivity contribution in [2.45, 2.75) is 12.6 Å². The standard InChI is InChI=1S/C13H8F3N3O/c14-13(15,16)11-6-10(18-19-12(11)20)5-8-2-1-3-9(4-8)7-17/h1-4,6H,5H2,(H,19,20). The first-order valence-corrected chi connectivity index (χ1v) is 5.55. The van der Waals surface area contributed by atoms with Crippen molar-refractivity contribution < 1.29 is 13.2 Å². The summed E-state index contributed by atoms with van der Waals surface area (Å²) in [6.07, 6.45) is -4.63. The average Bonchev–Trinajstić information content (AvgIpc) is 2.40. The number of nitrogens with zero attached hydrogens (tertiary/aromatic N) is 2. The monoisotopic (exact) mass is 279 g/mol. The Labute approximate surface area is 111 Å². The number of benzene rings is 1. The summed E-state index contributed by atoms with van der Waals surface area (Å²) in [6, 6.07) is 9.10. The Morgan fingerprint density at radius 1 is 1.30 bits per heavy atom. The number of H-pyrrole nitrogens is 1. The van der Waals surface area contributed by atoms with Crippen molar-refractivity contribution in [1.82, 2.24) is 10.2 Å². The minimum Gasteiger partial charge on any atom is -0.267 e. The summed E-state index contributed by atoms with van der Waals surface area (Å²) in [5, 5.41) is 14.2. The van der Waals surface area contributed by atoms with E-state index < -0.39 is 17.3 Å². The molecule has 1 N–H and O–H groups in total. The molecule has 0 radical (unpaired) electrons. The maximum absolute atomic E-state index is 12.6. The third kappa shape index (κ3) is 3.03. The van der Waals surface area contributed by atoms with Crippen LogP contribution in [0.25, 0.3) is 0 Å². The zero-order valence-corrected chi connectivity index (χ0v) is 10.0. The van der Waals surface area contributed by atoms with Gasteiger partial charge in [-0.25, -0.2) is 5.10 Å². The first-order chi connectivity index (χ1) is 9.40. The van der Waals surface area contributed by atoms with Crippen LogP contribution in [-0.4, -0.2) is 10.2 Å². The third-order valence-electron chi connectivity index (χ3n) is 2.60. The van der Waals surface area contributed by atoms with Gasteiger partial charge in [0.25, 0.3) is 5.56 Å². The van der Waals surface area contributed by atoms with Gasteiger partial charge in [0.05, 0.1) is 17.3 Å². The SMILES string of the molecule is N#Cc1cccc(Cc2cc(C(F)(F)F)c(=O)[nH]n2)c1. The van der Waals surface area contributed by atoms with Crippen LogP contribution >= 0.6 is 0 Å². The highest BCUT2D eigenvalue weighted by atomic mass is 19.4. The lowest BCUT2D eigenvalue weighted by Crippen LogP contribution is -2.23. The molecule has 0 aliphatic rings. The molecule has 1 heterocycles. The number of hydrogen-bond acceptors (Lipinski definition) is 3. The molecule has 0 aliphatic heterocycles. The maximum Gasteiger partial charge on any atom is 0.421 e. The Bertz CT molecular complexity index is 729. The van der Waals surface area contributed by atoms with Gasteiger partial charge in [-0.3, -0.25) is 4.79 Å². The fraction of sp³-hybridized carbons (Fsp3) is 0.154. The average molecular weight is 279 g/mol. The second kappa shape index (κ2) is 5.17. The molecule has 1 aromatic carbocycles. The van der Waals surface area contributed by atoms with E-state index in [1.54, 1.807) is 24.3 Å². The van der Waals surface area contributed by atoms with Crippen molar-refractivity contribution in [1.29, 1.82) is 5.26 Å². The Morgan fingerprint density at radius 2 is 2.05 bits per heavy atom. The largest absolute Gasteiger partial charge is 0.421 e. The number of nitriles is 1. The molecular weight excluding hydrogens is 271 g/mol. The molecule has 0 aliphatic carbocycles. The number of hydrogen-bond donors (Lipinski definition) is 1. The Balaban J connectivity index is 2.35. The van der Waals surface area contributed by atoms with Gasteiger partial charge >= 0.3 is 6.18 Å². The second-order valence-corrected chi connectivity index (χ2v) is 4.09. The first-order valence-electron chi connectivity index (χ1n) is 5.55. The predicted molar refractivity (Wildman–Crippen MR) is 63.8 cm³/mol. The van der Waals surface area contributed by atoms with E-state index in [4.69, 9.17) is 5.26 Å². The Hall–Kier alpha value is -2.62. The number of aromatic nitrogens is 2. The van der Waals surface area contributed by atoms with Gasteiger partial charge in [-0.05, 0) is 23.8 Å². The Kier molecular flexibility index (Phi) is 3.57. The number of alkyl halides is 3. The molecule has 7 heteroatoms. The number of rotatable bonds is 2. The maximum atomic E-state index is 12.6. The molecule has 1 aromatic heterocycles. The van der Waals surface area contributed by atoms with Gasteiger partial charge in [-0.2, -0.15) is 23.5 Å². The molecule has 20 heavy (non-hydrogen) atoms. The van der Waals surface area contributed by atoms with Crippen LogP contribution in [0.1, 0.15) is 22.4 Å². The highest BCUT2D eigenvalue weighted by Crippen LogP contribution is 2.26. The van der Waals surface area contributed by atoms with Crippen molar-refractivity contribution >= 4 is 0 Å². The van der Waals surface area contributed by atoms with E-state index in [0.717, 1.165) is 6.07 Å². The summed E-state index contributed by atoms with van der Waals surface area (Å²) in [4.78, 5) is 11.1. The fourth-order valence-electron chi connectivity index (χ4n) is 1.71. The first kappa shape index (κ1) is 13.8.